The minimum atomic E-state index is 0. The Bertz CT molecular complexity index is 263. The smallest absolute Gasteiger partial charge is 0.0410 e. The first-order valence-corrected chi connectivity index (χ1v) is 4.49. The van der Waals surface area contributed by atoms with E-state index in [9.17, 15) is 0 Å². The van der Waals surface area contributed by atoms with Crippen molar-refractivity contribution in [2.75, 3.05) is 0 Å². The molecule has 0 saturated carbocycles. The van der Waals surface area contributed by atoms with Gasteiger partial charge in [0.2, 0.25) is 0 Å². The number of hydrogen-bond acceptors (Lipinski definition) is 1. The van der Waals surface area contributed by atoms with Crippen LogP contribution in [-0.4, -0.2) is 0 Å². The van der Waals surface area contributed by atoms with E-state index in [1.165, 1.54) is 0 Å². The lowest BCUT2D eigenvalue weighted by atomic mass is 10.1. The Hall–Kier alpha value is 0.240. The van der Waals surface area contributed by atoms with Crippen molar-refractivity contribution < 1.29 is 0 Å². The lowest BCUT2D eigenvalue weighted by Gasteiger charge is -2.07. The summed E-state index contributed by atoms with van der Waals surface area (Å²) in [7, 11) is 0. The number of benzene rings is 1. The fraction of sp³-hybridized carbons (Fsp3) is 0.250. The molecule has 68 valence electrons. The van der Waals surface area contributed by atoms with Crippen LogP contribution in [0.25, 0.3) is 0 Å². The number of hydrogen-bond donors (Lipinski definition) is 1. The first-order valence-electron chi connectivity index (χ1n) is 3.32. The summed E-state index contributed by atoms with van der Waals surface area (Å²) in [5.41, 5.74) is 6.73. The molecule has 0 aromatic heterocycles. The third-order valence-corrected chi connectivity index (χ3v) is 2.41. The molecule has 1 rings (SSSR count). The summed E-state index contributed by atoms with van der Waals surface area (Å²) in [6.45, 7) is 1.93. The minimum absolute atomic E-state index is 0. The van der Waals surface area contributed by atoms with Gasteiger partial charge >= 0.3 is 0 Å². The second kappa shape index (κ2) is 5.07. The van der Waals surface area contributed by atoms with Crippen LogP contribution in [-0.2, 0) is 0 Å². The standard InChI is InChI=1S/C8H9BrClN.ClH/c1-5(11)7-4-6(10)2-3-8(7)9;/h2-5H,11H2,1H3;1H/t5-;/m0./s1. The molecule has 0 unspecified atom stereocenters. The molecule has 1 nitrogen and oxygen atoms in total. The van der Waals surface area contributed by atoms with Crippen LogP contribution < -0.4 is 5.73 Å². The molecule has 0 saturated heterocycles. The molecule has 0 bridgehead atoms. The predicted octanol–water partition coefficient (Wildman–Crippen LogP) is 3.54. The second-order valence-corrected chi connectivity index (χ2v) is 3.75. The van der Waals surface area contributed by atoms with E-state index in [-0.39, 0.29) is 18.4 Å². The van der Waals surface area contributed by atoms with E-state index in [1.807, 2.05) is 25.1 Å². The largest absolute Gasteiger partial charge is 0.324 e. The number of rotatable bonds is 1. The molecule has 1 aromatic rings. The van der Waals surface area contributed by atoms with Gasteiger partial charge in [0.25, 0.3) is 0 Å². The summed E-state index contributed by atoms with van der Waals surface area (Å²) in [5.74, 6) is 0. The molecule has 0 heterocycles. The Balaban J connectivity index is 0.00000121. The van der Waals surface area contributed by atoms with Crippen molar-refractivity contribution in [3.05, 3.63) is 33.3 Å². The van der Waals surface area contributed by atoms with Gasteiger partial charge in [0.05, 0.1) is 0 Å². The van der Waals surface area contributed by atoms with Crippen LogP contribution in [0.1, 0.15) is 18.5 Å². The maximum Gasteiger partial charge on any atom is 0.0410 e. The average molecular weight is 271 g/mol. The van der Waals surface area contributed by atoms with Gasteiger partial charge in [-0.05, 0) is 30.7 Å². The Labute approximate surface area is 91.8 Å². The van der Waals surface area contributed by atoms with Crippen LogP contribution in [0.4, 0.5) is 0 Å². The summed E-state index contributed by atoms with van der Waals surface area (Å²) in [6, 6.07) is 5.62. The molecule has 0 fully saturated rings. The van der Waals surface area contributed by atoms with Gasteiger partial charge in [-0.2, -0.15) is 0 Å². The fourth-order valence-electron chi connectivity index (χ4n) is 0.864. The quantitative estimate of drug-likeness (QED) is 0.830. The van der Waals surface area contributed by atoms with Gasteiger partial charge in [-0.3, -0.25) is 0 Å². The summed E-state index contributed by atoms with van der Waals surface area (Å²) in [5, 5.41) is 0.723. The molecular weight excluding hydrogens is 261 g/mol. The Kier molecular flexibility index (Phi) is 5.18. The van der Waals surface area contributed by atoms with E-state index in [0.29, 0.717) is 0 Å². The monoisotopic (exact) mass is 269 g/mol. The van der Waals surface area contributed by atoms with Crippen molar-refractivity contribution >= 4 is 39.9 Å². The van der Waals surface area contributed by atoms with Crippen LogP contribution in [0.5, 0.6) is 0 Å². The lowest BCUT2D eigenvalue weighted by molar-refractivity contribution is 0.813. The van der Waals surface area contributed by atoms with Gasteiger partial charge in [-0.25, -0.2) is 0 Å². The van der Waals surface area contributed by atoms with Crippen molar-refractivity contribution in [2.24, 2.45) is 5.73 Å². The highest BCUT2D eigenvalue weighted by molar-refractivity contribution is 9.10. The third-order valence-electron chi connectivity index (χ3n) is 1.45. The van der Waals surface area contributed by atoms with Crippen LogP contribution in [0.3, 0.4) is 0 Å². The van der Waals surface area contributed by atoms with Crippen molar-refractivity contribution in [2.45, 2.75) is 13.0 Å². The number of nitrogens with two attached hydrogens (primary N) is 1. The Morgan fingerprint density at radius 1 is 1.50 bits per heavy atom. The van der Waals surface area contributed by atoms with Gasteiger partial charge in [-0.1, -0.05) is 27.5 Å². The highest BCUT2D eigenvalue weighted by Gasteiger charge is 2.04. The van der Waals surface area contributed by atoms with Gasteiger partial charge in [0.1, 0.15) is 0 Å². The van der Waals surface area contributed by atoms with E-state index in [2.05, 4.69) is 15.9 Å². The first-order chi connectivity index (χ1) is 5.11. The van der Waals surface area contributed by atoms with E-state index in [0.717, 1.165) is 15.1 Å². The summed E-state index contributed by atoms with van der Waals surface area (Å²) < 4.78 is 1.01. The summed E-state index contributed by atoms with van der Waals surface area (Å²) in [4.78, 5) is 0. The fourth-order valence-corrected chi connectivity index (χ4v) is 1.65. The molecule has 2 N–H and O–H groups in total. The van der Waals surface area contributed by atoms with E-state index < -0.39 is 0 Å². The maximum absolute atomic E-state index is 5.78. The molecule has 12 heavy (non-hydrogen) atoms. The normalized spacial score (nSPS) is 12.0. The Morgan fingerprint density at radius 2 is 2.08 bits per heavy atom. The second-order valence-electron chi connectivity index (χ2n) is 2.45. The van der Waals surface area contributed by atoms with Crippen molar-refractivity contribution in [3.63, 3.8) is 0 Å². The maximum atomic E-state index is 5.78. The zero-order chi connectivity index (χ0) is 8.43. The van der Waals surface area contributed by atoms with Gasteiger partial charge < -0.3 is 5.73 Å². The molecule has 0 aliphatic carbocycles. The van der Waals surface area contributed by atoms with Crippen LogP contribution in [0, 0.1) is 0 Å². The van der Waals surface area contributed by atoms with Gasteiger partial charge in [0.15, 0.2) is 0 Å². The highest BCUT2D eigenvalue weighted by Crippen LogP contribution is 2.24. The molecule has 1 atom stereocenters. The molecule has 0 aliphatic heterocycles. The zero-order valence-electron chi connectivity index (χ0n) is 6.55. The molecule has 0 amide bonds. The first kappa shape index (κ1) is 12.2. The summed E-state index contributed by atoms with van der Waals surface area (Å²) >= 11 is 9.18. The predicted molar refractivity (Wildman–Crippen MR) is 59.0 cm³/mol. The molecule has 1 aromatic carbocycles. The third kappa shape index (κ3) is 2.94. The van der Waals surface area contributed by atoms with Crippen LogP contribution in [0.15, 0.2) is 22.7 Å². The SMILES string of the molecule is C[C@H](N)c1cc(Cl)ccc1Br.Cl. The lowest BCUT2D eigenvalue weighted by Crippen LogP contribution is -2.05. The van der Waals surface area contributed by atoms with Gasteiger partial charge in [-0.15, -0.1) is 12.4 Å². The molecule has 0 radical (unpaired) electrons. The van der Waals surface area contributed by atoms with Crippen molar-refractivity contribution in [3.8, 4) is 0 Å². The zero-order valence-corrected chi connectivity index (χ0v) is 9.71. The van der Waals surface area contributed by atoms with E-state index in [1.54, 1.807) is 0 Å². The van der Waals surface area contributed by atoms with Crippen LogP contribution >= 0.6 is 39.9 Å². The van der Waals surface area contributed by atoms with E-state index >= 15 is 0 Å². The minimum Gasteiger partial charge on any atom is -0.324 e. The average Bonchev–Trinajstić information content (AvgIpc) is 1.94. The van der Waals surface area contributed by atoms with Crippen molar-refractivity contribution in [1.29, 1.82) is 0 Å². The van der Waals surface area contributed by atoms with Gasteiger partial charge in [0, 0.05) is 15.5 Å². The molecule has 4 heteroatoms. The van der Waals surface area contributed by atoms with Crippen molar-refractivity contribution in [1.82, 2.24) is 0 Å². The van der Waals surface area contributed by atoms with E-state index in [4.69, 9.17) is 17.3 Å². The molecular formula is C8H10BrCl2N. The van der Waals surface area contributed by atoms with Crippen LogP contribution in [0.2, 0.25) is 5.02 Å². The molecule has 0 aliphatic rings. The summed E-state index contributed by atoms with van der Waals surface area (Å²) in [6.07, 6.45) is 0. The number of halogens is 3. The molecule has 0 spiro atoms. The highest BCUT2D eigenvalue weighted by atomic mass is 79.9. The Morgan fingerprint density at radius 3 is 2.50 bits per heavy atom. The topological polar surface area (TPSA) is 26.0 Å².